The van der Waals surface area contributed by atoms with Crippen LogP contribution >= 0.6 is 34.8 Å². The number of nitrogens with zero attached hydrogens (tertiary/aromatic N) is 2. The van der Waals surface area contributed by atoms with Crippen LogP contribution in [-0.4, -0.2) is 50.5 Å². The highest BCUT2D eigenvalue weighted by molar-refractivity contribution is 7.92. The normalized spacial score (nSPS) is 12.2. The monoisotopic (exact) mass is 579 g/mol. The Labute approximate surface area is 226 Å². The molecule has 2 aromatic carbocycles. The predicted octanol–water partition coefficient (Wildman–Crippen LogP) is 5.28. The zero-order chi connectivity index (χ0) is 27.0. The van der Waals surface area contributed by atoms with Crippen molar-refractivity contribution in [2.45, 2.75) is 45.7 Å². The van der Waals surface area contributed by atoms with Crippen LogP contribution in [0.4, 0.5) is 10.1 Å². The molecule has 0 aromatic heterocycles. The fourth-order valence-electron chi connectivity index (χ4n) is 3.53. The van der Waals surface area contributed by atoms with E-state index >= 15 is 0 Å². The van der Waals surface area contributed by atoms with Crippen molar-refractivity contribution < 1.29 is 22.4 Å². The van der Waals surface area contributed by atoms with Gasteiger partial charge in [0.2, 0.25) is 21.8 Å². The first-order valence-electron chi connectivity index (χ1n) is 11.3. The van der Waals surface area contributed by atoms with E-state index in [0.29, 0.717) is 22.2 Å². The summed E-state index contributed by atoms with van der Waals surface area (Å²) in [6, 6.07) is 7.29. The molecular weight excluding hydrogens is 552 g/mol. The molecular formula is C24H29Cl3FN3O4S. The molecule has 1 atom stereocenters. The first-order valence-corrected chi connectivity index (χ1v) is 14.3. The Morgan fingerprint density at radius 1 is 1.06 bits per heavy atom. The van der Waals surface area contributed by atoms with Crippen LogP contribution in [0.1, 0.15) is 38.7 Å². The Morgan fingerprint density at radius 2 is 1.69 bits per heavy atom. The molecule has 2 amide bonds. The first kappa shape index (κ1) is 30.2. The number of carbonyl (C=O) groups excluding carboxylic acids is 2. The van der Waals surface area contributed by atoms with Crippen molar-refractivity contribution >= 4 is 62.3 Å². The molecule has 0 aliphatic rings. The van der Waals surface area contributed by atoms with E-state index in [1.807, 2.05) is 6.92 Å². The molecule has 0 heterocycles. The van der Waals surface area contributed by atoms with Gasteiger partial charge in [-0.2, -0.15) is 0 Å². The molecule has 0 saturated heterocycles. The van der Waals surface area contributed by atoms with Gasteiger partial charge in [0.05, 0.1) is 17.0 Å². The zero-order valence-corrected chi connectivity index (χ0v) is 23.3. The number of rotatable bonds is 12. The Balaban J connectivity index is 2.48. The van der Waals surface area contributed by atoms with Crippen LogP contribution in [-0.2, 0) is 26.2 Å². The minimum Gasteiger partial charge on any atom is -0.354 e. The van der Waals surface area contributed by atoms with E-state index < -0.39 is 34.3 Å². The second-order valence-electron chi connectivity index (χ2n) is 8.16. The summed E-state index contributed by atoms with van der Waals surface area (Å²) in [5.74, 6) is -1.78. The summed E-state index contributed by atoms with van der Waals surface area (Å²) in [6.07, 6.45) is 2.81. The van der Waals surface area contributed by atoms with Gasteiger partial charge in [0, 0.05) is 28.7 Å². The molecule has 1 N–H and O–H groups in total. The summed E-state index contributed by atoms with van der Waals surface area (Å²) in [5.41, 5.74) is 0.429. The summed E-state index contributed by atoms with van der Waals surface area (Å²) in [6.45, 7) is 3.39. The lowest BCUT2D eigenvalue weighted by Gasteiger charge is -2.33. The molecule has 0 bridgehead atoms. The van der Waals surface area contributed by atoms with Crippen LogP contribution < -0.4 is 9.62 Å². The van der Waals surface area contributed by atoms with E-state index in [0.717, 1.165) is 35.5 Å². The maximum atomic E-state index is 13.7. The van der Waals surface area contributed by atoms with E-state index in [1.54, 1.807) is 25.1 Å². The number of anilines is 1. The van der Waals surface area contributed by atoms with Crippen LogP contribution in [0, 0.1) is 5.82 Å². The van der Waals surface area contributed by atoms with Crippen molar-refractivity contribution in [1.29, 1.82) is 0 Å². The van der Waals surface area contributed by atoms with Gasteiger partial charge in [0.15, 0.2) is 0 Å². The molecule has 2 aromatic rings. The van der Waals surface area contributed by atoms with Gasteiger partial charge >= 0.3 is 0 Å². The van der Waals surface area contributed by atoms with E-state index in [4.69, 9.17) is 34.8 Å². The average molecular weight is 581 g/mol. The van der Waals surface area contributed by atoms with Crippen molar-refractivity contribution in [3.63, 3.8) is 0 Å². The van der Waals surface area contributed by atoms with Crippen LogP contribution in [0.25, 0.3) is 0 Å². The number of nitrogens with one attached hydrogen (secondary N) is 1. The van der Waals surface area contributed by atoms with Crippen LogP contribution in [0.5, 0.6) is 0 Å². The molecule has 0 aliphatic heterocycles. The molecule has 198 valence electrons. The Kier molecular flexibility index (Phi) is 11.3. The Hall–Kier alpha value is -2.07. The standard InChI is InChI=1S/C24H29Cl3FN3O4S/c1-4-6-12-29-24(33)22(5-2)30(14-17-18(25)8-7-9-19(17)26)23(32)15-31(36(3,34)35)16-10-11-21(28)20(27)13-16/h7-11,13,22H,4-6,12,14-15H2,1-3H3,(H,29,33). The highest BCUT2D eigenvalue weighted by Crippen LogP contribution is 2.28. The molecule has 2 rings (SSSR count). The fourth-order valence-corrected chi connectivity index (χ4v) is 5.07. The number of hydrogen-bond donors (Lipinski definition) is 1. The number of unbranched alkanes of at least 4 members (excludes halogenated alkanes) is 1. The van der Waals surface area contributed by atoms with E-state index in [-0.39, 0.29) is 29.6 Å². The number of benzene rings is 2. The lowest BCUT2D eigenvalue weighted by atomic mass is 10.1. The maximum absolute atomic E-state index is 13.7. The Morgan fingerprint density at radius 3 is 2.22 bits per heavy atom. The number of carbonyl (C=O) groups is 2. The highest BCUT2D eigenvalue weighted by atomic mass is 35.5. The van der Waals surface area contributed by atoms with Crippen molar-refractivity contribution in [2.24, 2.45) is 0 Å². The molecule has 0 spiro atoms. The topological polar surface area (TPSA) is 86.8 Å². The van der Waals surface area contributed by atoms with Gasteiger partial charge in [-0.05, 0) is 43.2 Å². The van der Waals surface area contributed by atoms with Crippen molar-refractivity contribution in [2.75, 3.05) is 23.7 Å². The van der Waals surface area contributed by atoms with Gasteiger partial charge in [-0.3, -0.25) is 13.9 Å². The van der Waals surface area contributed by atoms with Gasteiger partial charge in [0.25, 0.3) is 0 Å². The minimum absolute atomic E-state index is 0.00780. The quantitative estimate of drug-likeness (QED) is 0.346. The molecule has 0 radical (unpaired) electrons. The zero-order valence-electron chi connectivity index (χ0n) is 20.2. The van der Waals surface area contributed by atoms with E-state index in [2.05, 4.69) is 5.32 Å². The lowest BCUT2D eigenvalue weighted by Crippen LogP contribution is -2.52. The maximum Gasteiger partial charge on any atom is 0.244 e. The third kappa shape index (κ3) is 7.96. The molecule has 0 aliphatic carbocycles. The molecule has 0 saturated carbocycles. The number of amides is 2. The number of halogens is 4. The van der Waals surface area contributed by atoms with E-state index in [9.17, 15) is 22.4 Å². The second-order valence-corrected chi connectivity index (χ2v) is 11.3. The van der Waals surface area contributed by atoms with Crippen molar-refractivity contribution in [3.05, 3.63) is 62.8 Å². The van der Waals surface area contributed by atoms with Gasteiger partial charge in [0.1, 0.15) is 18.4 Å². The van der Waals surface area contributed by atoms with Crippen LogP contribution in [0.3, 0.4) is 0 Å². The van der Waals surface area contributed by atoms with Crippen LogP contribution in [0.2, 0.25) is 15.1 Å². The summed E-state index contributed by atoms with van der Waals surface area (Å²) < 4.78 is 39.7. The summed E-state index contributed by atoms with van der Waals surface area (Å²) in [7, 11) is -3.98. The summed E-state index contributed by atoms with van der Waals surface area (Å²) in [5, 5.41) is 3.12. The third-order valence-corrected chi connectivity index (χ3v) is 7.61. The highest BCUT2D eigenvalue weighted by Gasteiger charge is 2.32. The SMILES string of the molecule is CCCCNC(=O)C(CC)N(Cc1c(Cl)cccc1Cl)C(=O)CN(c1ccc(F)c(Cl)c1)S(C)(=O)=O. The first-order chi connectivity index (χ1) is 16.9. The largest absolute Gasteiger partial charge is 0.354 e. The third-order valence-electron chi connectivity index (χ3n) is 5.48. The minimum atomic E-state index is -3.98. The van der Waals surface area contributed by atoms with Crippen molar-refractivity contribution in [1.82, 2.24) is 10.2 Å². The van der Waals surface area contributed by atoms with Crippen LogP contribution in [0.15, 0.2) is 36.4 Å². The summed E-state index contributed by atoms with van der Waals surface area (Å²) in [4.78, 5) is 27.9. The van der Waals surface area contributed by atoms with E-state index in [1.165, 1.54) is 11.0 Å². The predicted molar refractivity (Wildman–Crippen MR) is 143 cm³/mol. The van der Waals surface area contributed by atoms with Gasteiger partial charge < -0.3 is 10.2 Å². The average Bonchev–Trinajstić information content (AvgIpc) is 2.80. The number of sulfonamides is 1. The number of hydrogen-bond acceptors (Lipinski definition) is 4. The molecule has 7 nitrogen and oxygen atoms in total. The molecule has 1 unspecified atom stereocenters. The van der Waals surface area contributed by atoms with Crippen molar-refractivity contribution in [3.8, 4) is 0 Å². The van der Waals surface area contributed by atoms with Gasteiger partial charge in [-0.15, -0.1) is 0 Å². The van der Waals surface area contributed by atoms with Gasteiger partial charge in [-0.1, -0.05) is 61.1 Å². The smallest absolute Gasteiger partial charge is 0.244 e. The van der Waals surface area contributed by atoms with Gasteiger partial charge in [-0.25, -0.2) is 12.8 Å². The molecule has 12 heteroatoms. The Bertz CT molecular complexity index is 1180. The molecule has 36 heavy (non-hydrogen) atoms. The fraction of sp³-hybridized carbons (Fsp3) is 0.417. The summed E-state index contributed by atoms with van der Waals surface area (Å²) >= 11 is 18.5. The second kappa shape index (κ2) is 13.5. The molecule has 0 fully saturated rings. The lowest BCUT2D eigenvalue weighted by molar-refractivity contribution is -0.140.